The first-order valence-corrected chi connectivity index (χ1v) is 11.2. The average molecular weight is 439 g/mol. The Morgan fingerprint density at radius 3 is 2.22 bits per heavy atom. The standard InChI is InChI=1S/C25H34N4O3/c1-5-13-29(14-6-2)25(32)19-9-8-10-20(15-19)26-17-24(31)27-21-12-11-18(4)22(16-21)28-23(30)7-3/h8-12,15-16,26H,5-7,13-14,17H2,1-4H3,(H,27,31)(H,28,30). The van der Waals surface area contributed by atoms with Gasteiger partial charge in [0.15, 0.2) is 0 Å². The first kappa shape index (κ1) is 24.9. The zero-order chi connectivity index (χ0) is 23.5. The molecule has 0 aliphatic carbocycles. The Morgan fingerprint density at radius 1 is 0.844 bits per heavy atom. The molecular formula is C25H34N4O3. The number of hydrogen-bond acceptors (Lipinski definition) is 4. The summed E-state index contributed by atoms with van der Waals surface area (Å²) in [6, 6.07) is 12.6. The van der Waals surface area contributed by atoms with Gasteiger partial charge in [-0.2, -0.15) is 0 Å². The van der Waals surface area contributed by atoms with Crippen LogP contribution in [-0.4, -0.2) is 42.3 Å². The summed E-state index contributed by atoms with van der Waals surface area (Å²) >= 11 is 0. The summed E-state index contributed by atoms with van der Waals surface area (Å²) in [6.45, 7) is 9.30. The Morgan fingerprint density at radius 2 is 1.56 bits per heavy atom. The van der Waals surface area contributed by atoms with Gasteiger partial charge in [-0.25, -0.2) is 0 Å². The van der Waals surface area contributed by atoms with Gasteiger partial charge < -0.3 is 20.9 Å². The van der Waals surface area contributed by atoms with Gasteiger partial charge in [-0.05, 0) is 55.7 Å². The highest BCUT2D eigenvalue weighted by molar-refractivity contribution is 5.97. The van der Waals surface area contributed by atoms with E-state index < -0.39 is 0 Å². The SMILES string of the molecule is CCCN(CCC)C(=O)c1cccc(NCC(=O)Nc2ccc(C)c(NC(=O)CC)c2)c1. The first-order chi connectivity index (χ1) is 15.4. The van der Waals surface area contributed by atoms with E-state index in [1.807, 2.05) is 30.0 Å². The van der Waals surface area contributed by atoms with Crippen LogP contribution in [0.25, 0.3) is 0 Å². The molecule has 172 valence electrons. The van der Waals surface area contributed by atoms with Crippen LogP contribution in [0, 0.1) is 6.92 Å². The number of rotatable bonds is 11. The van der Waals surface area contributed by atoms with Crippen molar-refractivity contribution in [2.24, 2.45) is 0 Å². The third kappa shape index (κ3) is 7.41. The van der Waals surface area contributed by atoms with Crippen molar-refractivity contribution in [3.8, 4) is 0 Å². The molecule has 0 heterocycles. The minimum Gasteiger partial charge on any atom is -0.376 e. The van der Waals surface area contributed by atoms with Gasteiger partial charge in [0.1, 0.15) is 0 Å². The molecule has 7 heteroatoms. The van der Waals surface area contributed by atoms with Gasteiger partial charge in [-0.3, -0.25) is 14.4 Å². The molecule has 0 unspecified atom stereocenters. The maximum absolute atomic E-state index is 12.8. The van der Waals surface area contributed by atoms with E-state index in [0.717, 1.165) is 31.5 Å². The van der Waals surface area contributed by atoms with E-state index in [4.69, 9.17) is 0 Å². The fraction of sp³-hybridized carbons (Fsp3) is 0.400. The van der Waals surface area contributed by atoms with Crippen LogP contribution in [0.2, 0.25) is 0 Å². The van der Waals surface area contributed by atoms with Gasteiger partial charge in [0.05, 0.1) is 6.54 Å². The fourth-order valence-electron chi connectivity index (χ4n) is 3.26. The molecule has 3 N–H and O–H groups in total. The number of carbonyl (C=O) groups is 3. The highest BCUT2D eigenvalue weighted by Gasteiger charge is 2.14. The van der Waals surface area contributed by atoms with Gasteiger partial charge in [0.2, 0.25) is 11.8 Å². The van der Waals surface area contributed by atoms with Crippen LogP contribution in [0.4, 0.5) is 17.1 Å². The van der Waals surface area contributed by atoms with Crippen molar-refractivity contribution >= 4 is 34.8 Å². The third-order valence-electron chi connectivity index (χ3n) is 4.95. The smallest absolute Gasteiger partial charge is 0.253 e. The lowest BCUT2D eigenvalue weighted by Gasteiger charge is -2.21. The van der Waals surface area contributed by atoms with Crippen molar-refractivity contribution in [2.45, 2.75) is 47.0 Å². The second-order valence-electron chi connectivity index (χ2n) is 7.71. The number of carbonyl (C=O) groups excluding carboxylic acids is 3. The van der Waals surface area contributed by atoms with Crippen molar-refractivity contribution in [1.82, 2.24) is 4.90 Å². The molecule has 0 aromatic heterocycles. The molecule has 0 spiro atoms. The summed E-state index contributed by atoms with van der Waals surface area (Å²) in [6.07, 6.45) is 2.20. The number of anilines is 3. The minimum atomic E-state index is -0.225. The van der Waals surface area contributed by atoms with Gasteiger partial charge >= 0.3 is 0 Å². The molecule has 7 nitrogen and oxygen atoms in total. The fourth-order valence-corrected chi connectivity index (χ4v) is 3.26. The number of hydrogen-bond donors (Lipinski definition) is 3. The van der Waals surface area contributed by atoms with Gasteiger partial charge in [-0.1, -0.05) is 32.9 Å². The van der Waals surface area contributed by atoms with E-state index in [0.29, 0.717) is 29.0 Å². The molecule has 2 aromatic carbocycles. The molecule has 0 bridgehead atoms. The maximum Gasteiger partial charge on any atom is 0.253 e. The number of nitrogens with zero attached hydrogens (tertiary/aromatic N) is 1. The van der Waals surface area contributed by atoms with Crippen LogP contribution in [0.3, 0.4) is 0 Å². The van der Waals surface area contributed by atoms with E-state index in [-0.39, 0.29) is 24.3 Å². The van der Waals surface area contributed by atoms with Crippen molar-refractivity contribution < 1.29 is 14.4 Å². The average Bonchev–Trinajstić information content (AvgIpc) is 2.79. The van der Waals surface area contributed by atoms with E-state index in [1.165, 1.54) is 0 Å². The van der Waals surface area contributed by atoms with Gasteiger partial charge in [0.25, 0.3) is 5.91 Å². The molecule has 0 fully saturated rings. The van der Waals surface area contributed by atoms with Crippen LogP contribution in [0.15, 0.2) is 42.5 Å². The highest BCUT2D eigenvalue weighted by Crippen LogP contribution is 2.20. The molecule has 0 aliphatic rings. The summed E-state index contributed by atoms with van der Waals surface area (Å²) in [5.74, 6) is -0.302. The van der Waals surface area contributed by atoms with E-state index in [9.17, 15) is 14.4 Å². The van der Waals surface area contributed by atoms with Crippen LogP contribution in [-0.2, 0) is 9.59 Å². The lowest BCUT2D eigenvalue weighted by atomic mass is 10.1. The Balaban J connectivity index is 1.99. The molecule has 2 rings (SSSR count). The number of benzene rings is 2. The molecule has 2 aromatic rings. The van der Waals surface area contributed by atoms with Crippen LogP contribution >= 0.6 is 0 Å². The molecule has 0 saturated carbocycles. The van der Waals surface area contributed by atoms with Crippen molar-refractivity contribution in [1.29, 1.82) is 0 Å². The predicted molar refractivity (Wildman–Crippen MR) is 130 cm³/mol. The Kier molecular flexibility index (Phi) is 9.73. The van der Waals surface area contributed by atoms with Crippen LogP contribution < -0.4 is 16.0 Å². The largest absolute Gasteiger partial charge is 0.376 e. The van der Waals surface area contributed by atoms with Crippen LogP contribution in [0.5, 0.6) is 0 Å². The zero-order valence-corrected chi connectivity index (χ0v) is 19.5. The van der Waals surface area contributed by atoms with E-state index in [1.54, 1.807) is 31.2 Å². The van der Waals surface area contributed by atoms with Crippen molar-refractivity contribution in [2.75, 3.05) is 35.6 Å². The normalized spacial score (nSPS) is 10.4. The lowest BCUT2D eigenvalue weighted by Crippen LogP contribution is -2.32. The summed E-state index contributed by atoms with van der Waals surface area (Å²) in [5.41, 5.74) is 3.51. The molecule has 0 aliphatic heterocycles. The van der Waals surface area contributed by atoms with Crippen molar-refractivity contribution in [3.05, 3.63) is 53.6 Å². The Hall–Kier alpha value is -3.35. The summed E-state index contributed by atoms with van der Waals surface area (Å²) in [4.78, 5) is 38.8. The molecule has 0 saturated heterocycles. The quantitative estimate of drug-likeness (QED) is 0.476. The molecule has 0 radical (unpaired) electrons. The Labute approximate surface area is 190 Å². The molecule has 32 heavy (non-hydrogen) atoms. The summed E-state index contributed by atoms with van der Waals surface area (Å²) in [5, 5.41) is 8.74. The summed E-state index contributed by atoms with van der Waals surface area (Å²) < 4.78 is 0. The second kappa shape index (κ2) is 12.5. The second-order valence-corrected chi connectivity index (χ2v) is 7.71. The Bertz CT molecular complexity index is 937. The minimum absolute atomic E-state index is 0.00288. The van der Waals surface area contributed by atoms with Crippen molar-refractivity contribution in [3.63, 3.8) is 0 Å². The first-order valence-electron chi connectivity index (χ1n) is 11.2. The van der Waals surface area contributed by atoms with Crippen LogP contribution in [0.1, 0.15) is 56.0 Å². The van der Waals surface area contributed by atoms with Gasteiger partial charge in [-0.15, -0.1) is 0 Å². The van der Waals surface area contributed by atoms with Gasteiger partial charge in [0, 0.05) is 42.1 Å². The highest BCUT2D eigenvalue weighted by atomic mass is 16.2. The van der Waals surface area contributed by atoms with E-state index in [2.05, 4.69) is 29.8 Å². The number of aryl methyl sites for hydroxylation is 1. The zero-order valence-electron chi connectivity index (χ0n) is 19.5. The number of nitrogens with one attached hydrogen (secondary N) is 3. The topological polar surface area (TPSA) is 90.5 Å². The van der Waals surface area contributed by atoms with E-state index >= 15 is 0 Å². The lowest BCUT2D eigenvalue weighted by molar-refractivity contribution is -0.116. The summed E-state index contributed by atoms with van der Waals surface area (Å²) in [7, 11) is 0. The third-order valence-corrected chi connectivity index (χ3v) is 4.95. The monoisotopic (exact) mass is 438 g/mol. The predicted octanol–water partition coefficient (Wildman–Crippen LogP) is 4.66. The number of amides is 3. The molecule has 3 amide bonds. The molecular weight excluding hydrogens is 404 g/mol. The molecule has 0 atom stereocenters. The maximum atomic E-state index is 12.8.